The third-order valence-corrected chi connectivity index (χ3v) is 2.39. The second kappa shape index (κ2) is 7.40. The van der Waals surface area contributed by atoms with Crippen molar-refractivity contribution < 1.29 is 4.79 Å². The van der Waals surface area contributed by atoms with E-state index in [2.05, 4.69) is 5.92 Å². The van der Waals surface area contributed by atoms with Crippen molar-refractivity contribution in [1.82, 2.24) is 4.90 Å². The lowest BCUT2D eigenvalue weighted by atomic mass is 10.0. The summed E-state index contributed by atoms with van der Waals surface area (Å²) in [6, 6.07) is 0. The van der Waals surface area contributed by atoms with Gasteiger partial charge in [-0.3, -0.25) is 4.79 Å². The van der Waals surface area contributed by atoms with E-state index < -0.39 is 0 Å². The number of amides is 1. The second-order valence-corrected chi connectivity index (χ2v) is 3.33. The Morgan fingerprint density at radius 1 is 1.57 bits per heavy atom. The quantitative estimate of drug-likeness (QED) is 0.640. The zero-order valence-corrected chi connectivity index (χ0v) is 9.12. The topological polar surface area (TPSA) is 46.3 Å². The van der Waals surface area contributed by atoms with Gasteiger partial charge in [-0.05, 0) is 19.4 Å². The van der Waals surface area contributed by atoms with Crippen molar-refractivity contribution in [1.29, 1.82) is 0 Å². The number of carbonyl (C=O) groups is 1. The number of carbonyl (C=O) groups excluding carboxylic acids is 1. The molecule has 14 heavy (non-hydrogen) atoms. The Kier molecular flexibility index (Phi) is 6.87. The van der Waals surface area contributed by atoms with Gasteiger partial charge in [0.05, 0.1) is 6.54 Å². The third-order valence-electron chi connectivity index (χ3n) is 2.39. The summed E-state index contributed by atoms with van der Waals surface area (Å²) < 4.78 is 0. The molecule has 0 heterocycles. The zero-order valence-electron chi connectivity index (χ0n) is 9.12. The lowest BCUT2D eigenvalue weighted by Gasteiger charge is -2.20. The van der Waals surface area contributed by atoms with Crippen molar-refractivity contribution >= 4 is 5.91 Å². The molecule has 1 atom stereocenters. The SMILES string of the molecule is C#CCN(CC)C(=O)CC(CC)CN. The van der Waals surface area contributed by atoms with E-state index in [1.54, 1.807) is 4.90 Å². The minimum atomic E-state index is 0.114. The predicted octanol–water partition coefficient (Wildman–Crippen LogP) is 0.843. The van der Waals surface area contributed by atoms with Gasteiger partial charge in [0.2, 0.25) is 5.91 Å². The fraction of sp³-hybridized carbons (Fsp3) is 0.727. The molecule has 80 valence electrons. The van der Waals surface area contributed by atoms with E-state index in [-0.39, 0.29) is 11.8 Å². The van der Waals surface area contributed by atoms with Gasteiger partial charge in [0.15, 0.2) is 0 Å². The van der Waals surface area contributed by atoms with E-state index in [9.17, 15) is 4.79 Å². The van der Waals surface area contributed by atoms with Crippen LogP contribution in [0.3, 0.4) is 0 Å². The first-order valence-electron chi connectivity index (χ1n) is 5.10. The molecule has 0 rings (SSSR count). The third kappa shape index (κ3) is 4.29. The molecule has 1 amide bonds. The highest BCUT2D eigenvalue weighted by Crippen LogP contribution is 2.08. The maximum Gasteiger partial charge on any atom is 0.223 e. The van der Waals surface area contributed by atoms with Crippen LogP contribution < -0.4 is 5.73 Å². The van der Waals surface area contributed by atoms with Crippen LogP contribution in [0.25, 0.3) is 0 Å². The standard InChI is InChI=1S/C11H20N2O/c1-4-7-13(6-3)11(14)8-10(5-2)9-12/h1,10H,5-9,12H2,2-3H3. The highest BCUT2D eigenvalue weighted by atomic mass is 16.2. The molecule has 0 saturated heterocycles. The van der Waals surface area contributed by atoms with E-state index in [0.29, 0.717) is 26.1 Å². The van der Waals surface area contributed by atoms with E-state index in [0.717, 1.165) is 6.42 Å². The summed E-state index contributed by atoms with van der Waals surface area (Å²) in [5.41, 5.74) is 5.54. The van der Waals surface area contributed by atoms with Crippen molar-refractivity contribution in [2.24, 2.45) is 11.7 Å². The van der Waals surface area contributed by atoms with Gasteiger partial charge >= 0.3 is 0 Å². The summed E-state index contributed by atoms with van der Waals surface area (Å²) >= 11 is 0. The molecule has 2 N–H and O–H groups in total. The predicted molar refractivity (Wildman–Crippen MR) is 58.5 cm³/mol. The molecule has 0 aromatic carbocycles. The Morgan fingerprint density at radius 3 is 2.57 bits per heavy atom. The number of nitrogens with two attached hydrogens (primary N) is 1. The Hall–Kier alpha value is -1.01. The summed E-state index contributed by atoms with van der Waals surface area (Å²) in [6.45, 7) is 5.61. The van der Waals surface area contributed by atoms with Gasteiger partial charge in [-0.15, -0.1) is 6.42 Å². The number of rotatable bonds is 6. The van der Waals surface area contributed by atoms with Crippen molar-refractivity contribution in [2.45, 2.75) is 26.7 Å². The molecule has 0 aromatic heterocycles. The van der Waals surface area contributed by atoms with E-state index in [1.807, 2.05) is 13.8 Å². The molecular formula is C11H20N2O. The van der Waals surface area contributed by atoms with Crippen LogP contribution in [0.15, 0.2) is 0 Å². The number of hydrogen-bond acceptors (Lipinski definition) is 2. The Bertz CT molecular complexity index is 204. The van der Waals surface area contributed by atoms with E-state index >= 15 is 0 Å². The minimum absolute atomic E-state index is 0.114. The maximum absolute atomic E-state index is 11.7. The molecule has 0 aliphatic rings. The average Bonchev–Trinajstić information content (AvgIpc) is 2.22. The van der Waals surface area contributed by atoms with E-state index in [4.69, 9.17) is 12.2 Å². The second-order valence-electron chi connectivity index (χ2n) is 3.33. The highest BCUT2D eigenvalue weighted by molar-refractivity contribution is 5.76. The van der Waals surface area contributed by atoms with Crippen molar-refractivity contribution in [3.63, 3.8) is 0 Å². The first-order chi connectivity index (χ1) is 6.69. The van der Waals surface area contributed by atoms with Gasteiger partial charge in [-0.25, -0.2) is 0 Å². The van der Waals surface area contributed by atoms with Crippen molar-refractivity contribution in [2.75, 3.05) is 19.6 Å². The fourth-order valence-corrected chi connectivity index (χ4v) is 1.26. The van der Waals surface area contributed by atoms with Crippen LogP contribution in [0.2, 0.25) is 0 Å². The van der Waals surface area contributed by atoms with Gasteiger partial charge in [-0.1, -0.05) is 19.3 Å². The number of hydrogen-bond donors (Lipinski definition) is 1. The Balaban J connectivity index is 4.09. The molecule has 0 fully saturated rings. The first kappa shape index (κ1) is 13.0. The largest absolute Gasteiger partial charge is 0.332 e. The lowest BCUT2D eigenvalue weighted by molar-refractivity contribution is -0.131. The fourth-order valence-electron chi connectivity index (χ4n) is 1.26. The Labute approximate surface area is 86.6 Å². The van der Waals surface area contributed by atoms with Crippen molar-refractivity contribution in [3.05, 3.63) is 0 Å². The molecule has 1 unspecified atom stereocenters. The summed E-state index contributed by atoms with van der Waals surface area (Å²) in [6.07, 6.45) is 6.63. The summed E-state index contributed by atoms with van der Waals surface area (Å²) in [5.74, 6) is 2.88. The molecule has 0 aromatic rings. The summed E-state index contributed by atoms with van der Waals surface area (Å²) in [4.78, 5) is 13.3. The maximum atomic E-state index is 11.7. The van der Waals surface area contributed by atoms with Gasteiger partial charge in [0.25, 0.3) is 0 Å². The minimum Gasteiger partial charge on any atom is -0.332 e. The molecule has 0 aliphatic carbocycles. The summed E-state index contributed by atoms with van der Waals surface area (Å²) in [7, 11) is 0. The number of terminal acetylenes is 1. The number of nitrogens with zero attached hydrogens (tertiary/aromatic N) is 1. The molecule has 0 bridgehead atoms. The van der Waals surface area contributed by atoms with Gasteiger partial charge < -0.3 is 10.6 Å². The van der Waals surface area contributed by atoms with Crippen molar-refractivity contribution in [3.8, 4) is 12.3 Å². The monoisotopic (exact) mass is 196 g/mol. The summed E-state index contributed by atoms with van der Waals surface area (Å²) in [5, 5.41) is 0. The van der Waals surface area contributed by atoms with Crippen LogP contribution in [0.4, 0.5) is 0 Å². The van der Waals surface area contributed by atoms with Gasteiger partial charge in [-0.2, -0.15) is 0 Å². The first-order valence-corrected chi connectivity index (χ1v) is 5.10. The molecule has 0 aliphatic heterocycles. The van der Waals surface area contributed by atoms with E-state index in [1.165, 1.54) is 0 Å². The van der Waals surface area contributed by atoms with Crippen LogP contribution in [-0.4, -0.2) is 30.4 Å². The highest BCUT2D eigenvalue weighted by Gasteiger charge is 2.15. The molecular weight excluding hydrogens is 176 g/mol. The van der Waals surface area contributed by atoms with Gasteiger partial charge in [0, 0.05) is 13.0 Å². The zero-order chi connectivity index (χ0) is 11.0. The van der Waals surface area contributed by atoms with Crippen LogP contribution in [-0.2, 0) is 4.79 Å². The molecule has 0 spiro atoms. The average molecular weight is 196 g/mol. The van der Waals surface area contributed by atoms with Gasteiger partial charge in [0.1, 0.15) is 0 Å². The molecule has 3 heteroatoms. The smallest absolute Gasteiger partial charge is 0.223 e. The molecule has 0 radical (unpaired) electrons. The van der Waals surface area contributed by atoms with Crippen LogP contribution in [0.1, 0.15) is 26.7 Å². The lowest BCUT2D eigenvalue weighted by Crippen LogP contribution is -2.33. The van der Waals surface area contributed by atoms with Crippen LogP contribution in [0, 0.1) is 18.3 Å². The molecule has 3 nitrogen and oxygen atoms in total. The normalized spacial score (nSPS) is 11.9. The van der Waals surface area contributed by atoms with Crippen LogP contribution >= 0.6 is 0 Å². The Morgan fingerprint density at radius 2 is 2.21 bits per heavy atom. The van der Waals surface area contributed by atoms with Crippen LogP contribution in [0.5, 0.6) is 0 Å². The molecule has 0 saturated carbocycles.